The minimum Gasteiger partial charge on any atom is -0.389 e. The van der Waals surface area contributed by atoms with Gasteiger partial charge in [-0.05, 0) is 30.7 Å². The number of aliphatic hydroxyl groups is 1. The van der Waals surface area contributed by atoms with Crippen LogP contribution in [0.25, 0.3) is 11.4 Å². The molecule has 2 aromatic heterocycles. The highest BCUT2D eigenvalue weighted by molar-refractivity contribution is 5.61. The number of nitrogens with zero attached hydrogens (tertiary/aromatic N) is 4. The van der Waals surface area contributed by atoms with Crippen molar-refractivity contribution >= 4 is 0 Å². The summed E-state index contributed by atoms with van der Waals surface area (Å²) in [4.78, 5) is 0. The molecule has 7 heteroatoms. The van der Waals surface area contributed by atoms with E-state index < -0.39 is 11.9 Å². The summed E-state index contributed by atoms with van der Waals surface area (Å²) in [5.74, 6) is 0.755. The molecule has 0 radical (unpaired) electrons. The lowest BCUT2D eigenvalue weighted by molar-refractivity contribution is 0.199. The van der Waals surface area contributed by atoms with Gasteiger partial charge in [0.2, 0.25) is 0 Å². The van der Waals surface area contributed by atoms with Gasteiger partial charge in [-0.3, -0.25) is 0 Å². The average molecular weight is 315 g/mol. The molecule has 0 spiro atoms. The quantitative estimate of drug-likeness (QED) is 0.732. The fraction of sp³-hybridized carbons (Fsp3) is 0.250. The first-order valence-corrected chi connectivity index (χ1v) is 7.18. The number of aromatic nitrogens is 4. The van der Waals surface area contributed by atoms with E-state index in [-0.39, 0.29) is 0 Å². The molecule has 0 aliphatic carbocycles. The average Bonchev–Trinajstić information content (AvgIpc) is 3.17. The number of hydrogen-bond acceptors (Lipinski definition) is 5. The van der Waals surface area contributed by atoms with E-state index in [0.717, 1.165) is 5.69 Å². The molecule has 1 aromatic carbocycles. The predicted molar refractivity (Wildman–Crippen MR) is 80.7 cm³/mol. The van der Waals surface area contributed by atoms with Gasteiger partial charge in [0.05, 0.1) is 19.6 Å². The van der Waals surface area contributed by atoms with Crippen molar-refractivity contribution in [3.8, 4) is 11.4 Å². The van der Waals surface area contributed by atoms with Crippen molar-refractivity contribution in [2.75, 3.05) is 0 Å². The first-order chi connectivity index (χ1) is 11.1. The molecular formula is C16H16FN4O2+. The highest BCUT2D eigenvalue weighted by atomic mass is 19.1. The number of rotatable bonds is 5. The second kappa shape index (κ2) is 6.21. The summed E-state index contributed by atoms with van der Waals surface area (Å²) >= 11 is 0. The highest BCUT2D eigenvalue weighted by Gasteiger charge is 2.17. The molecule has 3 aromatic rings. The van der Waals surface area contributed by atoms with E-state index in [1.54, 1.807) is 23.9 Å². The molecule has 1 N–H and O–H groups in total. The third-order valence-corrected chi connectivity index (χ3v) is 3.51. The third-order valence-electron chi connectivity index (χ3n) is 3.51. The van der Waals surface area contributed by atoms with Crippen LogP contribution < -0.4 is 0 Å². The van der Waals surface area contributed by atoms with Crippen molar-refractivity contribution in [2.45, 2.75) is 26.0 Å². The van der Waals surface area contributed by atoms with Gasteiger partial charge in [0.1, 0.15) is 24.3 Å². The maximum absolute atomic E-state index is 13.5. The topological polar surface area (TPSA) is 77.0 Å². The normalized spacial score (nSPS) is 12.5. The summed E-state index contributed by atoms with van der Waals surface area (Å²) in [5, 5.41) is 21.8. The van der Waals surface area contributed by atoms with E-state index >= 15 is 0 Å². The van der Waals surface area contributed by atoms with E-state index in [4.69, 9.17) is 4.52 Å². The molecule has 0 saturated carbocycles. The zero-order valence-corrected chi connectivity index (χ0v) is 12.6. The predicted octanol–water partition coefficient (Wildman–Crippen LogP) is 2.55. The summed E-state index contributed by atoms with van der Waals surface area (Å²) in [5.41, 5.74) is 1.84. The van der Waals surface area contributed by atoms with Gasteiger partial charge < -0.3 is 14.2 Å². The van der Waals surface area contributed by atoms with E-state index in [0.29, 0.717) is 35.7 Å². The first kappa shape index (κ1) is 15.2. The van der Waals surface area contributed by atoms with Crippen molar-refractivity contribution in [3.05, 3.63) is 60.4 Å². The van der Waals surface area contributed by atoms with Gasteiger partial charge in [-0.15, -0.1) is 10.2 Å². The minimum atomic E-state index is -0.825. The molecule has 1 atom stereocenters. The molecule has 2 heterocycles. The smallest absolute Gasteiger partial charge is 0.164 e. The molecule has 0 aliphatic heterocycles. The zero-order valence-electron chi connectivity index (χ0n) is 12.6. The SMILES string of the molecule is [CH2+]Cc1cc(Cn2cnnc2-c2ccc(F)cc2C(C)O)on1. The van der Waals surface area contributed by atoms with Gasteiger partial charge in [-0.1, -0.05) is 5.16 Å². The number of aliphatic hydroxyl groups excluding tert-OH is 1. The van der Waals surface area contributed by atoms with Crippen LogP contribution in [0.15, 0.2) is 35.1 Å². The maximum Gasteiger partial charge on any atom is 0.164 e. The second-order valence-corrected chi connectivity index (χ2v) is 5.22. The van der Waals surface area contributed by atoms with Gasteiger partial charge in [0.15, 0.2) is 11.6 Å². The Morgan fingerprint density at radius 3 is 2.91 bits per heavy atom. The Morgan fingerprint density at radius 2 is 2.22 bits per heavy atom. The number of benzene rings is 1. The number of hydrogen-bond donors (Lipinski definition) is 1. The summed E-state index contributed by atoms with van der Waals surface area (Å²) in [6.45, 7) is 5.71. The Balaban J connectivity index is 1.98. The Morgan fingerprint density at radius 1 is 1.39 bits per heavy atom. The Labute approximate surface area is 132 Å². The van der Waals surface area contributed by atoms with Crippen LogP contribution in [-0.4, -0.2) is 25.0 Å². The lowest BCUT2D eigenvalue weighted by Crippen LogP contribution is -2.04. The first-order valence-electron chi connectivity index (χ1n) is 7.18. The standard InChI is InChI=1S/C16H16FN4O2/c1-3-12-7-13(23-20-12)8-21-9-18-19-16(21)14-5-4-11(17)6-15(14)10(2)22/h4-7,9-10,22H,1,3,8H2,2H3/q+1. The molecule has 1 unspecified atom stereocenters. The van der Waals surface area contributed by atoms with Crippen LogP contribution in [0.1, 0.15) is 30.0 Å². The van der Waals surface area contributed by atoms with Gasteiger partial charge in [-0.2, -0.15) is 0 Å². The molecule has 6 nitrogen and oxygen atoms in total. The summed E-state index contributed by atoms with van der Waals surface area (Å²) in [6, 6.07) is 6.03. The molecule has 0 saturated heterocycles. The summed E-state index contributed by atoms with van der Waals surface area (Å²) < 4.78 is 20.5. The van der Waals surface area contributed by atoms with Crippen LogP contribution in [0.2, 0.25) is 0 Å². The second-order valence-electron chi connectivity index (χ2n) is 5.22. The Kier molecular flexibility index (Phi) is 4.12. The maximum atomic E-state index is 13.5. The van der Waals surface area contributed by atoms with Gasteiger partial charge in [0, 0.05) is 11.6 Å². The lowest BCUT2D eigenvalue weighted by atomic mass is 10.0. The van der Waals surface area contributed by atoms with Crippen molar-refractivity contribution in [2.24, 2.45) is 0 Å². The lowest BCUT2D eigenvalue weighted by Gasteiger charge is -2.12. The zero-order chi connectivity index (χ0) is 16.4. The van der Waals surface area contributed by atoms with E-state index in [2.05, 4.69) is 22.3 Å². The highest BCUT2D eigenvalue weighted by Crippen LogP contribution is 2.28. The molecular weight excluding hydrogens is 299 g/mol. The van der Waals surface area contributed by atoms with Crippen LogP contribution >= 0.6 is 0 Å². The monoisotopic (exact) mass is 315 g/mol. The van der Waals surface area contributed by atoms with Crippen LogP contribution in [0, 0.1) is 12.7 Å². The minimum absolute atomic E-state index is 0.381. The van der Waals surface area contributed by atoms with Gasteiger partial charge in [0.25, 0.3) is 0 Å². The largest absolute Gasteiger partial charge is 0.389 e. The molecule has 3 rings (SSSR count). The Hall–Kier alpha value is -2.67. The van der Waals surface area contributed by atoms with Crippen LogP contribution in [0.4, 0.5) is 4.39 Å². The molecule has 118 valence electrons. The molecule has 0 bridgehead atoms. The summed E-state index contributed by atoms with van der Waals surface area (Å²) in [7, 11) is 0. The van der Waals surface area contributed by atoms with Crippen molar-refractivity contribution in [3.63, 3.8) is 0 Å². The van der Waals surface area contributed by atoms with Gasteiger partial charge >= 0.3 is 0 Å². The van der Waals surface area contributed by atoms with Crippen LogP contribution in [0.3, 0.4) is 0 Å². The fourth-order valence-electron chi connectivity index (χ4n) is 2.38. The third kappa shape index (κ3) is 3.09. The molecule has 0 aliphatic rings. The number of halogens is 1. The van der Waals surface area contributed by atoms with E-state index in [1.807, 2.05) is 6.07 Å². The van der Waals surface area contributed by atoms with Crippen LogP contribution in [0.5, 0.6) is 0 Å². The summed E-state index contributed by atoms with van der Waals surface area (Å²) in [6.07, 6.45) is 1.27. The van der Waals surface area contributed by atoms with Crippen LogP contribution in [-0.2, 0) is 13.0 Å². The fourth-order valence-corrected chi connectivity index (χ4v) is 2.38. The molecule has 23 heavy (non-hydrogen) atoms. The molecule has 0 amide bonds. The van der Waals surface area contributed by atoms with Crippen molar-refractivity contribution < 1.29 is 14.0 Å². The van der Waals surface area contributed by atoms with E-state index in [1.165, 1.54) is 12.1 Å². The molecule has 0 fully saturated rings. The van der Waals surface area contributed by atoms with Gasteiger partial charge in [-0.25, -0.2) is 4.39 Å². The Bertz CT molecular complexity index is 810. The van der Waals surface area contributed by atoms with E-state index in [9.17, 15) is 9.50 Å². The van der Waals surface area contributed by atoms with Crippen molar-refractivity contribution in [1.82, 2.24) is 19.9 Å². The van der Waals surface area contributed by atoms with Crippen molar-refractivity contribution in [1.29, 1.82) is 0 Å².